The van der Waals surface area contributed by atoms with E-state index in [1.807, 2.05) is 6.07 Å². The van der Waals surface area contributed by atoms with Gasteiger partial charge in [0.1, 0.15) is 11.8 Å². The molecule has 9 nitrogen and oxygen atoms in total. The number of hydrogen-bond donors (Lipinski definition) is 2. The summed E-state index contributed by atoms with van der Waals surface area (Å²) in [5.41, 5.74) is 0.763. The number of aromatic nitrogens is 2. The van der Waals surface area contributed by atoms with Crippen LogP contribution in [0.3, 0.4) is 0 Å². The van der Waals surface area contributed by atoms with Crippen LogP contribution in [0.4, 0.5) is 10.2 Å². The Morgan fingerprint density at radius 2 is 1.85 bits per heavy atom. The molecular formula is C30H39ClFN7O2. The molecule has 2 aliphatic heterocycles. The number of piperidine rings is 1. The normalized spacial score (nSPS) is 22.1. The van der Waals surface area contributed by atoms with Gasteiger partial charge in [0.25, 0.3) is 5.91 Å². The molecule has 1 saturated carbocycles. The number of benzene rings is 1. The topological polar surface area (TPSA) is 106 Å². The highest BCUT2D eigenvalue weighted by atomic mass is 35.5. The van der Waals surface area contributed by atoms with Crippen molar-refractivity contribution >= 4 is 23.3 Å². The number of alkyl halides is 1. The molecule has 1 aromatic carbocycles. The summed E-state index contributed by atoms with van der Waals surface area (Å²) >= 11 is 6.11. The number of nitrogens with zero attached hydrogens (tertiary/aromatic N) is 5. The van der Waals surface area contributed by atoms with E-state index in [-0.39, 0.29) is 24.7 Å². The van der Waals surface area contributed by atoms with E-state index in [0.29, 0.717) is 40.4 Å². The molecule has 3 heterocycles. The minimum Gasteiger partial charge on any atom is -0.490 e. The lowest BCUT2D eigenvalue weighted by atomic mass is 9.93. The Bertz CT molecular complexity index is 1190. The maximum atomic E-state index is 12.8. The van der Waals surface area contributed by atoms with Gasteiger partial charge in [0.2, 0.25) is 0 Å². The number of rotatable bonds is 11. The molecule has 0 radical (unpaired) electrons. The molecule has 0 unspecified atom stereocenters. The van der Waals surface area contributed by atoms with E-state index in [1.54, 1.807) is 24.3 Å². The maximum Gasteiger partial charge on any atom is 0.272 e. The van der Waals surface area contributed by atoms with E-state index in [4.69, 9.17) is 21.6 Å². The first-order valence-electron chi connectivity index (χ1n) is 14.8. The zero-order chi connectivity index (χ0) is 28.6. The number of nitriles is 1. The minimum atomic E-state index is -0.231. The Morgan fingerprint density at radius 1 is 1.07 bits per heavy atom. The number of halogens is 2. The molecule has 1 aromatic heterocycles. The fraction of sp³-hybridized carbons (Fsp3) is 0.600. The summed E-state index contributed by atoms with van der Waals surface area (Å²) < 4.78 is 18.3. The van der Waals surface area contributed by atoms with Crippen LogP contribution in [-0.4, -0.2) is 85.1 Å². The molecule has 41 heavy (non-hydrogen) atoms. The standard InChI is InChI=1S/C30H39ClFN7O2/c31-27-16-26(5-2-22(27)17-33)41-25-6-3-23(4-7-25)35-30(40)28-8-9-29(37-36-28)39-14-10-21(11-15-39)18-34-24-19-38(20-24)13-1-12-32/h2,5,8-9,16,21,23-25,34H,1,3-4,6-7,10-15,18-20H2,(H,35,40). The molecule has 3 fully saturated rings. The van der Waals surface area contributed by atoms with Gasteiger partial charge in [-0.3, -0.25) is 9.18 Å². The summed E-state index contributed by atoms with van der Waals surface area (Å²) in [5, 5.41) is 24.8. The van der Waals surface area contributed by atoms with Crippen LogP contribution >= 0.6 is 11.6 Å². The number of likely N-dealkylation sites (tertiary alicyclic amines) is 1. The van der Waals surface area contributed by atoms with Crippen LogP contribution in [0.5, 0.6) is 5.75 Å². The molecule has 1 aliphatic carbocycles. The van der Waals surface area contributed by atoms with Gasteiger partial charge in [0, 0.05) is 50.9 Å². The van der Waals surface area contributed by atoms with Crippen LogP contribution in [0.1, 0.15) is 61.0 Å². The first kappa shape index (κ1) is 29.5. The molecule has 5 rings (SSSR count). The van der Waals surface area contributed by atoms with Gasteiger partial charge >= 0.3 is 0 Å². The predicted octanol–water partition coefficient (Wildman–Crippen LogP) is 3.97. The lowest BCUT2D eigenvalue weighted by molar-refractivity contribution is 0.0888. The Kier molecular flexibility index (Phi) is 10.3. The fourth-order valence-corrected chi connectivity index (χ4v) is 6.13. The van der Waals surface area contributed by atoms with Crippen molar-refractivity contribution in [2.45, 2.75) is 63.1 Å². The van der Waals surface area contributed by atoms with E-state index in [2.05, 4.69) is 36.7 Å². The van der Waals surface area contributed by atoms with Gasteiger partial charge in [-0.2, -0.15) is 5.26 Å². The molecule has 3 aliphatic rings. The monoisotopic (exact) mass is 583 g/mol. The Hall–Kier alpha value is -3.00. The van der Waals surface area contributed by atoms with Crippen LogP contribution in [0, 0.1) is 17.2 Å². The quantitative estimate of drug-likeness (QED) is 0.409. The van der Waals surface area contributed by atoms with Crippen LogP contribution in [0.25, 0.3) is 0 Å². The number of anilines is 1. The summed E-state index contributed by atoms with van der Waals surface area (Å²) in [6.07, 6.45) is 6.14. The summed E-state index contributed by atoms with van der Waals surface area (Å²) in [6.45, 7) is 5.57. The Morgan fingerprint density at radius 3 is 2.51 bits per heavy atom. The Labute approximate surface area is 246 Å². The second kappa shape index (κ2) is 14.3. The molecule has 220 valence electrons. The SMILES string of the molecule is N#Cc1ccc(OC2CCC(NC(=O)c3ccc(N4CCC(CNC5CN(CCCF)C5)CC4)nn3)CC2)cc1Cl. The van der Waals surface area contributed by atoms with Gasteiger partial charge in [0.05, 0.1) is 23.4 Å². The molecule has 0 bridgehead atoms. The first-order valence-corrected chi connectivity index (χ1v) is 15.2. The van der Waals surface area contributed by atoms with Gasteiger partial charge in [-0.1, -0.05) is 11.6 Å². The number of carbonyl (C=O) groups is 1. The zero-order valence-electron chi connectivity index (χ0n) is 23.4. The van der Waals surface area contributed by atoms with Crippen molar-refractivity contribution in [1.82, 2.24) is 25.7 Å². The predicted molar refractivity (Wildman–Crippen MR) is 156 cm³/mol. The average Bonchev–Trinajstić information content (AvgIpc) is 2.97. The molecule has 2 aromatic rings. The molecule has 0 atom stereocenters. The molecular weight excluding hydrogens is 545 g/mol. The fourth-order valence-electron chi connectivity index (χ4n) is 5.92. The van der Waals surface area contributed by atoms with Crippen LogP contribution in [0.2, 0.25) is 5.02 Å². The summed E-state index contributed by atoms with van der Waals surface area (Å²) in [5.74, 6) is 1.92. The first-order chi connectivity index (χ1) is 20.0. The Balaban J connectivity index is 0.991. The van der Waals surface area contributed by atoms with Gasteiger partial charge < -0.3 is 25.2 Å². The molecule has 1 amide bonds. The van der Waals surface area contributed by atoms with Crippen LogP contribution in [0.15, 0.2) is 30.3 Å². The van der Waals surface area contributed by atoms with Crippen LogP contribution < -0.4 is 20.3 Å². The van der Waals surface area contributed by atoms with Crippen LogP contribution in [-0.2, 0) is 0 Å². The third kappa shape index (κ3) is 8.06. The summed E-state index contributed by atoms with van der Waals surface area (Å²) in [6, 6.07) is 11.4. The number of ether oxygens (including phenoxy) is 1. The highest BCUT2D eigenvalue weighted by Gasteiger charge is 2.28. The molecule has 2 saturated heterocycles. The van der Waals surface area contributed by atoms with Gasteiger partial charge in [-0.25, -0.2) is 0 Å². The lowest BCUT2D eigenvalue weighted by Crippen LogP contribution is -2.58. The van der Waals surface area contributed by atoms with Crippen molar-refractivity contribution in [1.29, 1.82) is 5.26 Å². The highest BCUT2D eigenvalue weighted by molar-refractivity contribution is 6.31. The number of nitrogens with one attached hydrogen (secondary N) is 2. The second-order valence-electron chi connectivity index (χ2n) is 11.4. The van der Waals surface area contributed by atoms with Gasteiger partial charge in [-0.05, 0) is 81.7 Å². The number of hydrogen-bond acceptors (Lipinski definition) is 8. The second-order valence-corrected chi connectivity index (χ2v) is 11.8. The molecule has 2 N–H and O–H groups in total. The smallest absolute Gasteiger partial charge is 0.272 e. The minimum absolute atomic E-state index is 0.0491. The van der Waals surface area contributed by atoms with E-state index in [1.165, 1.54) is 0 Å². The van der Waals surface area contributed by atoms with Crippen molar-refractivity contribution in [3.63, 3.8) is 0 Å². The summed E-state index contributed by atoms with van der Waals surface area (Å²) in [7, 11) is 0. The van der Waals surface area contributed by atoms with E-state index >= 15 is 0 Å². The highest BCUT2D eigenvalue weighted by Crippen LogP contribution is 2.27. The molecule has 11 heteroatoms. The van der Waals surface area contributed by atoms with E-state index in [9.17, 15) is 9.18 Å². The third-order valence-electron chi connectivity index (χ3n) is 8.46. The van der Waals surface area contributed by atoms with Crippen molar-refractivity contribution in [3.8, 4) is 11.8 Å². The van der Waals surface area contributed by atoms with E-state index in [0.717, 1.165) is 83.6 Å². The van der Waals surface area contributed by atoms with Crippen molar-refractivity contribution in [2.24, 2.45) is 5.92 Å². The maximum absolute atomic E-state index is 12.8. The zero-order valence-corrected chi connectivity index (χ0v) is 24.2. The van der Waals surface area contributed by atoms with Crippen molar-refractivity contribution < 1.29 is 13.9 Å². The largest absolute Gasteiger partial charge is 0.490 e. The van der Waals surface area contributed by atoms with Crippen molar-refractivity contribution in [3.05, 3.63) is 46.6 Å². The van der Waals surface area contributed by atoms with Gasteiger partial charge in [0.15, 0.2) is 11.5 Å². The van der Waals surface area contributed by atoms with E-state index < -0.39 is 0 Å². The third-order valence-corrected chi connectivity index (χ3v) is 8.77. The van der Waals surface area contributed by atoms with Crippen molar-refractivity contribution in [2.75, 3.05) is 50.8 Å². The lowest BCUT2D eigenvalue weighted by Gasteiger charge is -2.41. The average molecular weight is 584 g/mol. The number of carbonyl (C=O) groups excluding carboxylic acids is 1. The number of amides is 1. The molecule has 0 spiro atoms. The summed E-state index contributed by atoms with van der Waals surface area (Å²) in [4.78, 5) is 17.4. The van der Waals surface area contributed by atoms with Gasteiger partial charge in [-0.15, -0.1) is 10.2 Å².